The van der Waals surface area contributed by atoms with Crippen LogP contribution >= 0.6 is 23.2 Å². The number of hydrogen-bond acceptors (Lipinski definition) is 13. The van der Waals surface area contributed by atoms with Crippen LogP contribution < -0.4 is 26.6 Å². The van der Waals surface area contributed by atoms with Crippen LogP contribution in [0.25, 0.3) is 0 Å². The van der Waals surface area contributed by atoms with Crippen molar-refractivity contribution in [3.63, 3.8) is 0 Å². The fourth-order valence-electron chi connectivity index (χ4n) is 12.4. The van der Waals surface area contributed by atoms with Crippen LogP contribution in [0.5, 0.6) is 0 Å². The summed E-state index contributed by atoms with van der Waals surface area (Å²) in [6.45, 7) is 21.4. The topological polar surface area (TPSA) is 254 Å². The molecule has 21 nitrogen and oxygen atoms in total. The first-order chi connectivity index (χ1) is 42.9. The second-order valence-corrected chi connectivity index (χ2v) is 25.8. The summed E-state index contributed by atoms with van der Waals surface area (Å²) >= 11 is 11.2. The predicted molar refractivity (Wildman–Crippen MR) is 352 cm³/mol. The van der Waals surface area contributed by atoms with Gasteiger partial charge >= 0.3 is 0 Å². The Morgan fingerprint density at radius 1 is 0.667 bits per heavy atom. The molecule has 0 bridgehead atoms. The maximum atomic E-state index is 14.6. The number of unbranched alkanes of at least 4 members (excludes halogenated alkanes) is 1. The smallest absolute Gasteiger partial charge is 0.246 e. The maximum Gasteiger partial charge on any atom is 0.246 e. The van der Waals surface area contributed by atoms with Gasteiger partial charge in [0.25, 0.3) is 0 Å². The summed E-state index contributed by atoms with van der Waals surface area (Å²) in [5.41, 5.74) is 1.79. The number of anilines is 2. The molecule has 0 aromatic heterocycles. The summed E-state index contributed by atoms with van der Waals surface area (Å²) in [6, 6.07) is 10.8. The summed E-state index contributed by atoms with van der Waals surface area (Å²) in [4.78, 5) is 129. The number of carbonyl (C=O) groups excluding carboxylic acids is 9. The number of rotatable bonds is 40. The standard InChI is InChI=1S/C67H105Cl2N9O12/c1-13-45(6)62(76(12)67(87)60(43(2)3)74-65(85)61(44(4)5)75(10)11)46(7)38-59(82)77-30-19-24-54(77)47(8)48(9)63(83)73-53(39-49-22-15-14-16-23-49)66(86)78-31-20-25-55(78)64(84)70-29-21-33-89-35-37-90-36-34-88-32-18-17-26-56(79)50-27-28-51(71-57(80)41-68)52(40-50)72-58(81)42-69/h14-16,22-23,27-28,40,43-48,53-55,60-62H,13,17-21,24-26,29-39,41-42H2,1-12H3,(H,70,84)(H,71,80)(H,72,81)(H,73,83)(H,74,85)/t45?,46?,47?,48?,53-,54?,55+,60-,61?,62?/m0/s1. The van der Waals surface area contributed by atoms with E-state index >= 15 is 0 Å². The predicted octanol–water partition coefficient (Wildman–Crippen LogP) is 7.56. The van der Waals surface area contributed by atoms with Crippen molar-refractivity contribution in [1.29, 1.82) is 0 Å². The van der Waals surface area contributed by atoms with Gasteiger partial charge in [0.1, 0.15) is 29.9 Å². The third kappa shape index (κ3) is 23.8. The van der Waals surface area contributed by atoms with Gasteiger partial charge in [-0.25, -0.2) is 0 Å². The number of halogens is 2. The van der Waals surface area contributed by atoms with Crippen molar-refractivity contribution in [2.24, 2.45) is 35.5 Å². The minimum Gasteiger partial charge on any atom is -0.379 e. The number of likely N-dealkylation sites (tertiary alicyclic amines) is 2. The van der Waals surface area contributed by atoms with Gasteiger partial charge in [0, 0.05) is 82.7 Å². The lowest BCUT2D eigenvalue weighted by Crippen LogP contribution is -2.58. The number of likely N-dealkylation sites (N-methyl/N-ethyl adjacent to an activating group) is 2. The van der Waals surface area contributed by atoms with Crippen LogP contribution in [0.1, 0.15) is 142 Å². The van der Waals surface area contributed by atoms with Crippen LogP contribution in [-0.2, 0) is 59.0 Å². The summed E-state index contributed by atoms with van der Waals surface area (Å²) in [6.07, 6.45) is 5.88. The Balaban J connectivity index is 1.22. The zero-order chi connectivity index (χ0) is 66.6. The molecular weight excluding hydrogens is 1190 g/mol. The van der Waals surface area contributed by atoms with E-state index < -0.39 is 41.9 Å². The SMILES string of the molecule is CCC(C)C(C(C)CC(=O)N1CCCC1C(C)C(C)C(=O)N[C@@H](Cc1ccccc1)C(=O)N1CCC[C@@H]1C(=O)NCCCOCCOCCOCCCCC(=O)c1ccc(NC(=O)CCl)c(NC(=O)CCl)c1)N(C)C(=O)[C@@H](NC(=O)C(C(C)C)N(C)C)C(C)C. The fourth-order valence-corrected chi connectivity index (χ4v) is 12.5. The van der Waals surface area contributed by atoms with E-state index in [9.17, 15) is 43.2 Å². The number of ether oxygens (including phenoxy) is 3. The second kappa shape index (κ2) is 39.6. The molecule has 2 aromatic rings. The molecule has 7 unspecified atom stereocenters. The van der Waals surface area contributed by atoms with Crippen molar-refractivity contribution in [3.8, 4) is 0 Å². The molecule has 0 radical (unpaired) electrons. The van der Waals surface area contributed by atoms with Gasteiger partial charge in [-0.3, -0.25) is 48.1 Å². The number of nitrogens with zero attached hydrogens (tertiary/aromatic N) is 4. The molecule has 2 heterocycles. The van der Waals surface area contributed by atoms with E-state index in [2.05, 4.69) is 40.4 Å². The normalized spacial score (nSPS) is 17.7. The van der Waals surface area contributed by atoms with Gasteiger partial charge in [0.2, 0.25) is 47.3 Å². The highest BCUT2D eigenvalue weighted by atomic mass is 35.5. The quantitative estimate of drug-likeness (QED) is 0.0246. The molecule has 4 rings (SSSR count). The number of alkyl halides is 2. The number of hydrogen-bond donors (Lipinski definition) is 5. The zero-order valence-corrected chi connectivity index (χ0v) is 57.1. The highest BCUT2D eigenvalue weighted by Gasteiger charge is 2.43. The molecule has 10 atom stereocenters. The number of Topliss-reactive ketones (excluding diaryl/α,β-unsaturated/α-hetero) is 1. The van der Waals surface area contributed by atoms with E-state index in [0.717, 1.165) is 24.8 Å². The highest BCUT2D eigenvalue weighted by Crippen LogP contribution is 2.33. The van der Waals surface area contributed by atoms with Crippen molar-refractivity contribution < 1.29 is 57.4 Å². The largest absolute Gasteiger partial charge is 0.379 e. The first kappa shape index (κ1) is 76.7. The van der Waals surface area contributed by atoms with E-state index in [1.54, 1.807) is 22.9 Å². The van der Waals surface area contributed by atoms with Crippen LogP contribution in [-0.4, -0.2) is 201 Å². The molecule has 0 spiro atoms. The van der Waals surface area contributed by atoms with Crippen molar-refractivity contribution >= 4 is 87.6 Å². The van der Waals surface area contributed by atoms with E-state index in [1.165, 1.54) is 12.1 Å². The molecule has 504 valence electrons. The fraction of sp³-hybridized carbons (Fsp3) is 0.687. The van der Waals surface area contributed by atoms with E-state index in [-0.39, 0.29) is 120 Å². The van der Waals surface area contributed by atoms with Gasteiger partial charge in [-0.1, -0.05) is 99.1 Å². The molecular formula is C67H105Cl2N9O12. The molecule has 0 saturated carbocycles. The number of carbonyl (C=O) groups is 9. The Labute approximate surface area is 545 Å². The minimum atomic E-state index is -0.938. The third-order valence-electron chi connectivity index (χ3n) is 17.5. The number of amides is 8. The Hall–Kier alpha value is -5.71. The van der Waals surface area contributed by atoms with Crippen molar-refractivity contribution in [1.82, 2.24) is 35.6 Å². The summed E-state index contributed by atoms with van der Waals surface area (Å²) in [5, 5.41) is 14.3. The molecule has 2 aromatic carbocycles. The average molecular weight is 1300 g/mol. The van der Waals surface area contributed by atoms with Gasteiger partial charge < -0.3 is 55.5 Å². The van der Waals surface area contributed by atoms with Gasteiger partial charge in [-0.15, -0.1) is 23.2 Å². The minimum absolute atomic E-state index is 0.0298. The Kier molecular flexibility index (Phi) is 33.8. The molecule has 2 saturated heterocycles. The molecule has 0 aliphatic carbocycles. The van der Waals surface area contributed by atoms with Gasteiger partial charge in [0.05, 0.1) is 43.8 Å². The van der Waals surface area contributed by atoms with E-state index in [1.807, 2.05) is 103 Å². The second-order valence-electron chi connectivity index (χ2n) is 25.3. The molecule has 5 N–H and O–H groups in total. The van der Waals surface area contributed by atoms with Crippen molar-refractivity contribution in [3.05, 3.63) is 59.7 Å². The molecule has 2 aliphatic rings. The lowest BCUT2D eigenvalue weighted by molar-refractivity contribution is -0.143. The van der Waals surface area contributed by atoms with Crippen LogP contribution in [0.3, 0.4) is 0 Å². The van der Waals surface area contributed by atoms with Crippen LogP contribution in [0, 0.1) is 35.5 Å². The molecule has 2 fully saturated rings. The van der Waals surface area contributed by atoms with Crippen LogP contribution in [0.2, 0.25) is 0 Å². The highest BCUT2D eigenvalue weighted by molar-refractivity contribution is 6.30. The first-order valence-electron chi connectivity index (χ1n) is 32.4. The third-order valence-corrected chi connectivity index (χ3v) is 18.0. The number of benzene rings is 2. The van der Waals surface area contributed by atoms with Crippen molar-refractivity contribution in [2.45, 2.75) is 169 Å². The Bertz CT molecular complexity index is 2620. The number of ketones is 1. The average Bonchev–Trinajstić information content (AvgIpc) is 2.14. The maximum absolute atomic E-state index is 14.6. The van der Waals surface area contributed by atoms with E-state index in [0.29, 0.717) is 103 Å². The van der Waals surface area contributed by atoms with Gasteiger partial charge in [-0.05, 0) is 112 Å². The van der Waals surface area contributed by atoms with Gasteiger partial charge in [0.15, 0.2) is 5.78 Å². The van der Waals surface area contributed by atoms with Crippen LogP contribution in [0.4, 0.5) is 11.4 Å². The lowest BCUT2D eigenvalue weighted by Gasteiger charge is -2.40. The molecule has 8 amide bonds. The Morgan fingerprint density at radius 3 is 1.87 bits per heavy atom. The molecule has 23 heteroatoms. The Morgan fingerprint density at radius 2 is 1.27 bits per heavy atom. The van der Waals surface area contributed by atoms with Crippen molar-refractivity contribution in [2.75, 3.05) is 103 Å². The summed E-state index contributed by atoms with van der Waals surface area (Å²) in [5.74, 6) is -4.06. The summed E-state index contributed by atoms with van der Waals surface area (Å²) < 4.78 is 17.0. The molecule has 90 heavy (non-hydrogen) atoms. The van der Waals surface area contributed by atoms with Gasteiger partial charge in [-0.2, -0.15) is 0 Å². The lowest BCUT2D eigenvalue weighted by atomic mass is 9.84. The first-order valence-corrected chi connectivity index (χ1v) is 33.5. The van der Waals surface area contributed by atoms with Crippen LogP contribution in [0.15, 0.2) is 48.5 Å². The molecule has 2 aliphatic heterocycles. The zero-order valence-electron chi connectivity index (χ0n) is 55.5. The van der Waals surface area contributed by atoms with E-state index in [4.69, 9.17) is 37.4 Å². The summed E-state index contributed by atoms with van der Waals surface area (Å²) in [7, 11) is 5.51. The monoisotopic (exact) mass is 1300 g/mol. The number of nitrogens with one attached hydrogen (secondary N) is 5.